The molecule has 1 aromatic rings. The van der Waals surface area contributed by atoms with Gasteiger partial charge in [0.25, 0.3) is 5.91 Å². The van der Waals surface area contributed by atoms with Crippen molar-refractivity contribution < 1.29 is 18.4 Å². The summed E-state index contributed by atoms with van der Waals surface area (Å²) in [7, 11) is 0. The van der Waals surface area contributed by atoms with Gasteiger partial charge in [-0.15, -0.1) is 0 Å². The minimum atomic E-state index is -1.05. The highest BCUT2D eigenvalue weighted by Crippen LogP contribution is 2.20. The van der Waals surface area contributed by atoms with Crippen molar-refractivity contribution in [1.29, 1.82) is 0 Å². The van der Waals surface area contributed by atoms with Gasteiger partial charge in [0.05, 0.1) is 5.92 Å². The Labute approximate surface area is 115 Å². The Morgan fingerprint density at radius 2 is 1.90 bits per heavy atom. The molecule has 0 aromatic heterocycles. The summed E-state index contributed by atoms with van der Waals surface area (Å²) in [5.74, 6) is -2.75. The van der Waals surface area contributed by atoms with E-state index < -0.39 is 17.5 Å². The predicted octanol–water partition coefficient (Wildman–Crippen LogP) is 1.56. The third kappa shape index (κ3) is 2.95. The van der Waals surface area contributed by atoms with Crippen molar-refractivity contribution in [3.63, 3.8) is 0 Å². The third-order valence-electron chi connectivity index (χ3n) is 3.14. The van der Waals surface area contributed by atoms with E-state index in [4.69, 9.17) is 0 Å². The number of amides is 2. The lowest BCUT2D eigenvalue weighted by Gasteiger charge is -2.38. The Balaban J connectivity index is 1.93. The van der Waals surface area contributed by atoms with Crippen LogP contribution in [0.3, 0.4) is 0 Å². The Morgan fingerprint density at radius 1 is 1.25 bits per heavy atom. The molecule has 1 N–H and O–H groups in total. The van der Waals surface area contributed by atoms with Crippen LogP contribution in [-0.2, 0) is 4.79 Å². The lowest BCUT2D eigenvalue weighted by atomic mass is 9.97. The Hall–Kier alpha value is -1.98. The molecule has 2 rings (SSSR count). The first kappa shape index (κ1) is 14.4. The predicted molar refractivity (Wildman–Crippen MR) is 69.0 cm³/mol. The normalized spacial score (nSPS) is 15.2. The van der Waals surface area contributed by atoms with Gasteiger partial charge in [0.2, 0.25) is 5.91 Å². The molecule has 1 aliphatic heterocycles. The highest BCUT2D eigenvalue weighted by atomic mass is 19.2. The fourth-order valence-electron chi connectivity index (χ4n) is 2.02. The molecule has 0 spiro atoms. The smallest absolute Gasteiger partial charge is 0.254 e. The number of nitrogens with zero attached hydrogens (tertiary/aromatic N) is 1. The SMILES string of the molecule is CC(C)NC(=O)C1CN(C(=O)c2ccc(F)c(F)c2)C1. The Morgan fingerprint density at radius 3 is 2.45 bits per heavy atom. The summed E-state index contributed by atoms with van der Waals surface area (Å²) in [6.07, 6.45) is 0. The van der Waals surface area contributed by atoms with E-state index in [9.17, 15) is 18.4 Å². The lowest BCUT2D eigenvalue weighted by Crippen LogP contribution is -2.56. The van der Waals surface area contributed by atoms with Crippen LogP contribution >= 0.6 is 0 Å². The molecule has 1 aliphatic rings. The first-order valence-corrected chi connectivity index (χ1v) is 6.43. The van der Waals surface area contributed by atoms with Gasteiger partial charge in [-0.05, 0) is 32.0 Å². The number of benzene rings is 1. The van der Waals surface area contributed by atoms with Gasteiger partial charge in [-0.2, -0.15) is 0 Å². The minimum absolute atomic E-state index is 0.0541. The van der Waals surface area contributed by atoms with Gasteiger partial charge in [-0.25, -0.2) is 8.78 Å². The molecule has 1 saturated heterocycles. The summed E-state index contributed by atoms with van der Waals surface area (Å²) in [5, 5.41) is 2.77. The van der Waals surface area contributed by atoms with Crippen LogP contribution in [-0.4, -0.2) is 35.8 Å². The van der Waals surface area contributed by atoms with Crippen LogP contribution < -0.4 is 5.32 Å². The van der Waals surface area contributed by atoms with E-state index in [1.165, 1.54) is 11.0 Å². The van der Waals surface area contributed by atoms with Gasteiger partial charge < -0.3 is 10.2 Å². The molecular weight excluding hydrogens is 266 g/mol. The van der Waals surface area contributed by atoms with Crippen molar-refractivity contribution in [2.45, 2.75) is 19.9 Å². The van der Waals surface area contributed by atoms with Crippen LogP contribution in [0.15, 0.2) is 18.2 Å². The molecule has 0 atom stereocenters. The van der Waals surface area contributed by atoms with Crippen molar-refractivity contribution in [2.24, 2.45) is 5.92 Å². The van der Waals surface area contributed by atoms with Crippen molar-refractivity contribution in [3.05, 3.63) is 35.4 Å². The molecule has 0 aliphatic carbocycles. The highest BCUT2D eigenvalue weighted by Gasteiger charge is 2.36. The number of halogens is 2. The van der Waals surface area contributed by atoms with Gasteiger partial charge >= 0.3 is 0 Å². The molecule has 1 aromatic carbocycles. The molecule has 2 amide bonds. The van der Waals surface area contributed by atoms with E-state index in [0.29, 0.717) is 13.1 Å². The van der Waals surface area contributed by atoms with Gasteiger partial charge in [-0.1, -0.05) is 0 Å². The average molecular weight is 282 g/mol. The van der Waals surface area contributed by atoms with Crippen molar-refractivity contribution in [3.8, 4) is 0 Å². The van der Waals surface area contributed by atoms with Crippen molar-refractivity contribution in [2.75, 3.05) is 13.1 Å². The highest BCUT2D eigenvalue weighted by molar-refractivity contribution is 5.96. The molecule has 4 nitrogen and oxygen atoms in total. The van der Waals surface area contributed by atoms with Gasteiger partial charge in [0, 0.05) is 24.7 Å². The van der Waals surface area contributed by atoms with E-state index in [1.54, 1.807) is 0 Å². The number of nitrogens with one attached hydrogen (secondary N) is 1. The van der Waals surface area contributed by atoms with Crippen LogP contribution in [0.1, 0.15) is 24.2 Å². The zero-order chi connectivity index (χ0) is 14.9. The van der Waals surface area contributed by atoms with Crippen molar-refractivity contribution in [1.82, 2.24) is 10.2 Å². The molecular formula is C14H16F2N2O2. The number of carbonyl (C=O) groups is 2. The Bertz CT molecular complexity index is 540. The zero-order valence-electron chi connectivity index (χ0n) is 11.3. The molecule has 0 saturated carbocycles. The summed E-state index contributed by atoms with van der Waals surface area (Å²) >= 11 is 0. The lowest BCUT2D eigenvalue weighted by molar-refractivity contribution is -0.129. The number of likely N-dealkylation sites (tertiary alicyclic amines) is 1. The number of carbonyl (C=O) groups excluding carboxylic acids is 2. The van der Waals surface area contributed by atoms with Crippen LogP contribution in [0.2, 0.25) is 0 Å². The summed E-state index contributed by atoms with van der Waals surface area (Å²) in [6, 6.07) is 3.09. The maximum atomic E-state index is 13.1. The molecule has 1 heterocycles. The second-order valence-electron chi connectivity index (χ2n) is 5.20. The first-order chi connectivity index (χ1) is 9.38. The summed E-state index contributed by atoms with van der Waals surface area (Å²) in [4.78, 5) is 25.1. The van der Waals surface area contributed by atoms with Crippen LogP contribution in [0, 0.1) is 17.6 Å². The second-order valence-corrected chi connectivity index (χ2v) is 5.20. The minimum Gasteiger partial charge on any atom is -0.354 e. The number of hydrogen-bond acceptors (Lipinski definition) is 2. The fraction of sp³-hybridized carbons (Fsp3) is 0.429. The largest absolute Gasteiger partial charge is 0.354 e. The topological polar surface area (TPSA) is 49.4 Å². The third-order valence-corrected chi connectivity index (χ3v) is 3.14. The maximum absolute atomic E-state index is 13.1. The van der Waals surface area contributed by atoms with E-state index >= 15 is 0 Å². The van der Waals surface area contributed by atoms with Gasteiger partial charge in [0.15, 0.2) is 11.6 Å². The first-order valence-electron chi connectivity index (χ1n) is 6.43. The maximum Gasteiger partial charge on any atom is 0.254 e. The number of rotatable bonds is 3. The standard InChI is InChI=1S/C14H16F2N2O2/c1-8(2)17-13(19)10-6-18(7-10)14(20)9-3-4-11(15)12(16)5-9/h3-5,8,10H,6-7H2,1-2H3,(H,17,19). The fourth-order valence-corrected chi connectivity index (χ4v) is 2.02. The monoisotopic (exact) mass is 282 g/mol. The van der Waals surface area contributed by atoms with E-state index in [2.05, 4.69) is 5.32 Å². The van der Waals surface area contributed by atoms with Crippen LogP contribution in [0.5, 0.6) is 0 Å². The summed E-state index contributed by atoms with van der Waals surface area (Å²) in [5.41, 5.74) is 0.0895. The van der Waals surface area contributed by atoms with Crippen LogP contribution in [0.25, 0.3) is 0 Å². The molecule has 0 unspecified atom stereocenters. The van der Waals surface area contributed by atoms with Gasteiger partial charge in [0.1, 0.15) is 0 Å². The number of hydrogen-bond donors (Lipinski definition) is 1. The molecule has 0 radical (unpaired) electrons. The summed E-state index contributed by atoms with van der Waals surface area (Å²) in [6.45, 7) is 4.33. The molecule has 6 heteroatoms. The van der Waals surface area contributed by atoms with Gasteiger partial charge in [-0.3, -0.25) is 9.59 Å². The average Bonchev–Trinajstić information content (AvgIpc) is 2.29. The van der Waals surface area contributed by atoms with E-state index in [1.807, 2.05) is 13.8 Å². The molecule has 0 bridgehead atoms. The second kappa shape index (κ2) is 5.56. The van der Waals surface area contributed by atoms with E-state index in [0.717, 1.165) is 12.1 Å². The summed E-state index contributed by atoms with van der Waals surface area (Å²) < 4.78 is 25.9. The molecule has 1 fully saturated rings. The molecule has 20 heavy (non-hydrogen) atoms. The van der Waals surface area contributed by atoms with Crippen LogP contribution in [0.4, 0.5) is 8.78 Å². The quantitative estimate of drug-likeness (QED) is 0.914. The van der Waals surface area contributed by atoms with E-state index in [-0.39, 0.29) is 23.4 Å². The molecule has 108 valence electrons. The van der Waals surface area contributed by atoms with Crippen molar-refractivity contribution >= 4 is 11.8 Å². The Kier molecular flexibility index (Phi) is 4.01. The zero-order valence-corrected chi connectivity index (χ0v) is 11.3.